The summed E-state index contributed by atoms with van der Waals surface area (Å²) in [6.07, 6.45) is 0. The molecule has 0 aliphatic heterocycles. The van der Waals surface area contributed by atoms with Crippen LogP contribution in [0.1, 0.15) is 15.9 Å². The van der Waals surface area contributed by atoms with Crippen molar-refractivity contribution in [2.45, 2.75) is 6.54 Å². The first-order valence-electron chi connectivity index (χ1n) is 9.16. The largest absolute Gasteiger partial charge is 0.366 e. The van der Waals surface area contributed by atoms with Crippen LogP contribution >= 0.6 is 27.3 Å². The number of nitrogens with zero attached hydrogens (tertiary/aromatic N) is 1. The third-order valence-electron chi connectivity index (χ3n) is 5.10. The first kappa shape index (κ1) is 18.2. The number of fused-ring (bicyclic) bond motifs is 3. The van der Waals surface area contributed by atoms with Gasteiger partial charge in [-0.2, -0.15) is 0 Å². The SMILES string of the molecule is NC(=O)c1cccc2c1c1[c]cc(-c3cccs3)cc1n2Cc1cccc(Br)c1. The van der Waals surface area contributed by atoms with Gasteiger partial charge in [0.05, 0.1) is 11.0 Å². The number of aromatic nitrogens is 1. The molecule has 0 aliphatic carbocycles. The van der Waals surface area contributed by atoms with Crippen molar-refractivity contribution in [1.29, 1.82) is 0 Å². The van der Waals surface area contributed by atoms with Gasteiger partial charge >= 0.3 is 0 Å². The van der Waals surface area contributed by atoms with Gasteiger partial charge in [0.15, 0.2) is 0 Å². The fourth-order valence-electron chi connectivity index (χ4n) is 3.83. The molecule has 0 saturated carbocycles. The van der Waals surface area contributed by atoms with Gasteiger partial charge in [0.2, 0.25) is 5.91 Å². The molecule has 0 spiro atoms. The van der Waals surface area contributed by atoms with E-state index in [1.807, 2.05) is 36.4 Å². The highest BCUT2D eigenvalue weighted by atomic mass is 79.9. The molecule has 0 fully saturated rings. The lowest BCUT2D eigenvalue weighted by Crippen LogP contribution is -2.11. The summed E-state index contributed by atoms with van der Waals surface area (Å²) in [5.74, 6) is -0.423. The molecule has 2 aromatic heterocycles. The Morgan fingerprint density at radius 1 is 1.07 bits per heavy atom. The van der Waals surface area contributed by atoms with Gasteiger partial charge in [-0.25, -0.2) is 0 Å². The Kier molecular flexibility index (Phi) is 4.49. The quantitative estimate of drug-likeness (QED) is 0.340. The summed E-state index contributed by atoms with van der Waals surface area (Å²) in [6, 6.07) is 25.7. The van der Waals surface area contributed by atoms with Gasteiger partial charge < -0.3 is 10.3 Å². The summed E-state index contributed by atoms with van der Waals surface area (Å²) < 4.78 is 3.28. The topological polar surface area (TPSA) is 48.0 Å². The number of nitrogens with two attached hydrogens (primary N) is 1. The number of amides is 1. The van der Waals surface area contributed by atoms with Gasteiger partial charge in [-0.05, 0) is 65.0 Å². The fourth-order valence-corrected chi connectivity index (χ4v) is 5.00. The average molecular weight is 460 g/mol. The molecule has 2 N–H and O–H groups in total. The van der Waals surface area contributed by atoms with Crippen LogP contribution in [0.5, 0.6) is 0 Å². The van der Waals surface area contributed by atoms with Crippen LogP contribution in [-0.4, -0.2) is 10.5 Å². The number of carbonyl (C=O) groups is 1. The van der Waals surface area contributed by atoms with Crippen molar-refractivity contribution in [3.05, 3.63) is 93.8 Å². The molecule has 5 aromatic rings. The van der Waals surface area contributed by atoms with Crippen LogP contribution in [0.4, 0.5) is 0 Å². The Labute approximate surface area is 180 Å². The van der Waals surface area contributed by atoms with E-state index < -0.39 is 5.91 Å². The zero-order chi connectivity index (χ0) is 20.0. The van der Waals surface area contributed by atoms with Crippen molar-refractivity contribution in [2.24, 2.45) is 5.73 Å². The minimum Gasteiger partial charge on any atom is -0.366 e. The predicted molar refractivity (Wildman–Crippen MR) is 123 cm³/mol. The lowest BCUT2D eigenvalue weighted by atomic mass is 10.0. The Balaban J connectivity index is 1.82. The zero-order valence-corrected chi connectivity index (χ0v) is 17.8. The first-order valence-corrected chi connectivity index (χ1v) is 10.8. The second kappa shape index (κ2) is 7.17. The highest BCUT2D eigenvalue weighted by Crippen LogP contribution is 2.35. The third kappa shape index (κ3) is 3.16. The fraction of sp³-hybridized carbons (Fsp3) is 0.0417. The molecule has 0 atom stereocenters. The molecule has 3 aromatic carbocycles. The minimum absolute atomic E-state index is 0.423. The van der Waals surface area contributed by atoms with Crippen molar-refractivity contribution < 1.29 is 4.79 Å². The van der Waals surface area contributed by atoms with Crippen LogP contribution < -0.4 is 5.73 Å². The standard InChI is InChI=1S/C24H16BrN2OS/c25-17-5-1-4-15(12-17)14-27-20-7-2-6-19(24(26)28)23(20)18-10-9-16(13-21(18)27)22-8-3-11-29-22/h1-9,11-13H,14H2,(H2,26,28). The summed E-state index contributed by atoms with van der Waals surface area (Å²) in [6.45, 7) is 0.684. The van der Waals surface area contributed by atoms with E-state index in [0.717, 1.165) is 31.8 Å². The normalized spacial score (nSPS) is 11.3. The van der Waals surface area contributed by atoms with Crippen LogP contribution in [0.2, 0.25) is 0 Å². The monoisotopic (exact) mass is 459 g/mol. The maximum atomic E-state index is 12.1. The first-order chi connectivity index (χ1) is 14.1. The van der Waals surface area contributed by atoms with Gasteiger partial charge in [0, 0.05) is 32.2 Å². The number of halogens is 1. The number of rotatable bonds is 4. The lowest BCUT2D eigenvalue weighted by Gasteiger charge is -2.09. The summed E-state index contributed by atoms with van der Waals surface area (Å²) in [5.41, 5.74) is 10.5. The Morgan fingerprint density at radius 3 is 2.69 bits per heavy atom. The van der Waals surface area contributed by atoms with Crippen molar-refractivity contribution in [3.63, 3.8) is 0 Å². The minimum atomic E-state index is -0.423. The number of hydrogen-bond acceptors (Lipinski definition) is 2. The second-order valence-corrected chi connectivity index (χ2v) is 8.77. The number of benzene rings is 3. The van der Waals surface area contributed by atoms with Gasteiger partial charge in [0.1, 0.15) is 0 Å². The van der Waals surface area contributed by atoms with Crippen LogP contribution in [0.15, 0.2) is 76.6 Å². The molecule has 0 saturated heterocycles. The molecular weight excluding hydrogens is 444 g/mol. The van der Waals surface area contributed by atoms with Crippen LogP contribution in [0.3, 0.4) is 0 Å². The highest BCUT2D eigenvalue weighted by molar-refractivity contribution is 9.10. The average Bonchev–Trinajstić information content (AvgIpc) is 3.35. The van der Waals surface area contributed by atoms with Crippen molar-refractivity contribution >= 4 is 55.0 Å². The van der Waals surface area contributed by atoms with Gasteiger partial charge in [0.25, 0.3) is 0 Å². The van der Waals surface area contributed by atoms with Crippen molar-refractivity contribution in [1.82, 2.24) is 4.57 Å². The van der Waals surface area contributed by atoms with E-state index in [9.17, 15) is 4.79 Å². The van der Waals surface area contributed by atoms with E-state index in [4.69, 9.17) is 5.73 Å². The molecule has 2 heterocycles. The molecule has 1 radical (unpaired) electrons. The maximum absolute atomic E-state index is 12.1. The molecule has 0 aliphatic rings. The molecule has 0 unspecified atom stereocenters. The van der Waals surface area contributed by atoms with E-state index in [-0.39, 0.29) is 0 Å². The highest BCUT2D eigenvalue weighted by Gasteiger charge is 2.17. The lowest BCUT2D eigenvalue weighted by molar-refractivity contribution is 0.100. The van der Waals surface area contributed by atoms with Crippen molar-refractivity contribution in [2.75, 3.05) is 0 Å². The Bertz CT molecular complexity index is 1370. The number of hydrogen-bond donors (Lipinski definition) is 1. The molecule has 29 heavy (non-hydrogen) atoms. The summed E-state index contributed by atoms with van der Waals surface area (Å²) >= 11 is 5.26. The number of carbonyl (C=O) groups excluding carboxylic acids is 1. The third-order valence-corrected chi connectivity index (χ3v) is 6.51. The Hall–Kier alpha value is -2.89. The molecule has 0 bridgehead atoms. The summed E-state index contributed by atoms with van der Waals surface area (Å²) in [4.78, 5) is 13.3. The molecule has 141 valence electrons. The van der Waals surface area contributed by atoms with Crippen molar-refractivity contribution in [3.8, 4) is 10.4 Å². The molecular formula is C24H16BrN2OS. The maximum Gasteiger partial charge on any atom is 0.249 e. The van der Waals surface area contributed by atoms with E-state index in [1.54, 1.807) is 17.4 Å². The predicted octanol–water partition coefficient (Wildman–Crippen LogP) is 6.23. The molecule has 5 rings (SSSR count). The van der Waals surface area contributed by atoms with Crippen LogP contribution in [-0.2, 0) is 6.54 Å². The van der Waals surface area contributed by atoms with Crippen LogP contribution in [0, 0.1) is 6.07 Å². The number of primary amides is 1. The smallest absolute Gasteiger partial charge is 0.249 e. The molecule has 3 nitrogen and oxygen atoms in total. The van der Waals surface area contributed by atoms with E-state index in [0.29, 0.717) is 12.1 Å². The van der Waals surface area contributed by atoms with Gasteiger partial charge in [-0.1, -0.05) is 40.2 Å². The molecule has 5 heteroatoms. The van der Waals surface area contributed by atoms with Crippen LogP contribution in [0.25, 0.3) is 32.2 Å². The van der Waals surface area contributed by atoms with E-state index in [1.165, 1.54) is 10.4 Å². The van der Waals surface area contributed by atoms with Gasteiger partial charge in [-0.3, -0.25) is 4.79 Å². The zero-order valence-electron chi connectivity index (χ0n) is 15.4. The van der Waals surface area contributed by atoms with E-state index >= 15 is 0 Å². The van der Waals surface area contributed by atoms with Gasteiger partial charge in [-0.15, -0.1) is 11.3 Å². The second-order valence-electron chi connectivity index (χ2n) is 6.91. The number of thiophene rings is 1. The summed E-state index contributed by atoms with van der Waals surface area (Å²) in [5, 5.41) is 3.86. The van der Waals surface area contributed by atoms with E-state index in [2.05, 4.69) is 56.2 Å². The Morgan fingerprint density at radius 2 is 1.93 bits per heavy atom. The molecule has 1 amide bonds. The summed E-state index contributed by atoms with van der Waals surface area (Å²) in [7, 11) is 0.